The van der Waals surface area contributed by atoms with Crippen molar-refractivity contribution in [3.8, 4) is 0 Å². The molecule has 1 aliphatic heterocycles. The number of piperazine rings is 1. The van der Waals surface area contributed by atoms with Crippen LogP contribution in [0.4, 0.5) is 0 Å². The molecule has 1 amide bonds. The molecule has 0 saturated carbocycles. The topological polar surface area (TPSA) is 95.8 Å². The third kappa shape index (κ3) is 4.98. The van der Waals surface area contributed by atoms with Gasteiger partial charge in [0.15, 0.2) is 5.76 Å². The molecule has 9 heteroatoms. The second kappa shape index (κ2) is 8.42. The van der Waals surface area contributed by atoms with Crippen molar-refractivity contribution in [2.45, 2.75) is 38.3 Å². The Labute approximate surface area is 165 Å². The van der Waals surface area contributed by atoms with Gasteiger partial charge in [-0.15, -0.1) is 0 Å². The van der Waals surface area contributed by atoms with Crippen LogP contribution in [-0.4, -0.2) is 61.5 Å². The number of sulfonamides is 1. The molecule has 152 valence electrons. The predicted molar refractivity (Wildman–Crippen MR) is 104 cm³/mol. The Balaban J connectivity index is 1.63. The van der Waals surface area contributed by atoms with Crippen LogP contribution < -0.4 is 4.72 Å². The monoisotopic (exact) mass is 406 g/mol. The van der Waals surface area contributed by atoms with Gasteiger partial charge in [0.25, 0.3) is 5.91 Å². The molecule has 1 aliphatic rings. The fourth-order valence-corrected chi connectivity index (χ4v) is 4.47. The zero-order valence-electron chi connectivity index (χ0n) is 16.4. The van der Waals surface area contributed by atoms with Gasteiger partial charge in [-0.1, -0.05) is 11.2 Å². The van der Waals surface area contributed by atoms with E-state index in [1.54, 1.807) is 30.9 Å². The Bertz CT molecular complexity index is 931. The molecule has 1 aromatic carbocycles. The van der Waals surface area contributed by atoms with Gasteiger partial charge in [-0.2, -0.15) is 0 Å². The van der Waals surface area contributed by atoms with Crippen molar-refractivity contribution < 1.29 is 17.7 Å². The van der Waals surface area contributed by atoms with Crippen LogP contribution in [0.5, 0.6) is 0 Å². The number of carbonyl (C=O) groups excluding carboxylic acids is 1. The number of aromatic nitrogens is 1. The first-order chi connectivity index (χ1) is 13.2. The van der Waals surface area contributed by atoms with Gasteiger partial charge in [-0.3, -0.25) is 9.69 Å². The fourth-order valence-electron chi connectivity index (χ4n) is 3.18. The highest BCUT2D eigenvalue weighted by molar-refractivity contribution is 7.89. The van der Waals surface area contributed by atoms with Gasteiger partial charge in [-0.25, -0.2) is 13.1 Å². The summed E-state index contributed by atoms with van der Waals surface area (Å²) in [6.45, 7) is 8.65. The van der Waals surface area contributed by atoms with E-state index in [2.05, 4.69) is 14.8 Å². The van der Waals surface area contributed by atoms with Gasteiger partial charge in [0.05, 0.1) is 17.1 Å². The van der Waals surface area contributed by atoms with Crippen LogP contribution in [0.25, 0.3) is 0 Å². The van der Waals surface area contributed by atoms with Crippen LogP contribution in [0.15, 0.2) is 39.8 Å². The number of hydrogen-bond donors (Lipinski definition) is 1. The summed E-state index contributed by atoms with van der Waals surface area (Å²) in [4.78, 5) is 16.9. The lowest BCUT2D eigenvalue weighted by Crippen LogP contribution is -2.48. The van der Waals surface area contributed by atoms with Gasteiger partial charge in [0.2, 0.25) is 10.0 Å². The Morgan fingerprint density at radius 3 is 2.54 bits per heavy atom. The van der Waals surface area contributed by atoms with E-state index in [-0.39, 0.29) is 16.8 Å². The minimum Gasteiger partial charge on any atom is -0.360 e. The maximum Gasteiger partial charge on any atom is 0.253 e. The molecule has 3 rings (SSSR count). The van der Waals surface area contributed by atoms with E-state index < -0.39 is 10.0 Å². The minimum absolute atomic E-state index is 0.103. The Morgan fingerprint density at radius 1 is 1.21 bits per heavy atom. The average Bonchev–Trinajstić information content (AvgIpc) is 3.05. The number of nitrogens with one attached hydrogen (secondary N) is 1. The summed E-state index contributed by atoms with van der Waals surface area (Å²) in [6.07, 6.45) is 0. The van der Waals surface area contributed by atoms with Crippen LogP contribution in [0.2, 0.25) is 0 Å². The summed E-state index contributed by atoms with van der Waals surface area (Å²) in [7, 11) is -3.63. The van der Waals surface area contributed by atoms with Gasteiger partial charge in [0, 0.05) is 43.9 Å². The molecule has 0 unspecified atom stereocenters. The second-order valence-corrected chi connectivity index (χ2v) is 9.02. The van der Waals surface area contributed by atoms with Crippen LogP contribution in [0.3, 0.4) is 0 Å². The highest BCUT2D eigenvalue weighted by atomic mass is 32.2. The van der Waals surface area contributed by atoms with Crippen LogP contribution in [0, 0.1) is 6.92 Å². The highest BCUT2D eigenvalue weighted by Gasteiger charge is 2.24. The molecule has 0 spiro atoms. The maximum atomic E-state index is 12.8. The van der Waals surface area contributed by atoms with Crippen molar-refractivity contribution in [2.24, 2.45) is 0 Å². The minimum atomic E-state index is -3.63. The summed E-state index contributed by atoms with van der Waals surface area (Å²) in [5, 5.41) is 3.89. The number of carbonyl (C=O) groups is 1. The quantitative estimate of drug-likeness (QED) is 0.783. The molecule has 8 nitrogen and oxygen atoms in total. The predicted octanol–water partition coefficient (Wildman–Crippen LogP) is 1.63. The summed E-state index contributed by atoms with van der Waals surface area (Å²) in [6, 6.07) is 7.89. The van der Waals surface area contributed by atoms with E-state index in [0.29, 0.717) is 25.2 Å². The lowest BCUT2D eigenvalue weighted by atomic mass is 10.2. The van der Waals surface area contributed by atoms with E-state index >= 15 is 0 Å². The van der Waals surface area contributed by atoms with Crippen LogP contribution >= 0.6 is 0 Å². The zero-order valence-corrected chi connectivity index (χ0v) is 17.2. The third-order valence-corrected chi connectivity index (χ3v) is 6.15. The smallest absolute Gasteiger partial charge is 0.253 e. The van der Waals surface area contributed by atoms with E-state index in [1.807, 2.05) is 13.0 Å². The van der Waals surface area contributed by atoms with E-state index in [1.165, 1.54) is 12.1 Å². The van der Waals surface area contributed by atoms with E-state index in [0.717, 1.165) is 24.5 Å². The van der Waals surface area contributed by atoms with E-state index in [4.69, 9.17) is 4.52 Å². The Kier molecular flexibility index (Phi) is 6.17. The molecule has 0 aliphatic carbocycles. The average molecular weight is 407 g/mol. The fraction of sp³-hybridized carbons (Fsp3) is 0.474. The molecular weight excluding hydrogens is 380 g/mol. The lowest BCUT2D eigenvalue weighted by molar-refractivity contribution is 0.0617. The van der Waals surface area contributed by atoms with Crippen LogP contribution in [-0.2, 0) is 16.6 Å². The van der Waals surface area contributed by atoms with Crippen molar-refractivity contribution in [3.63, 3.8) is 0 Å². The molecule has 1 saturated heterocycles. The first kappa shape index (κ1) is 20.5. The number of aryl methyl sites for hydroxylation is 1. The van der Waals surface area contributed by atoms with Crippen molar-refractivity contribution in [3.05, 3.63) is 47.3 Å². The van der Waals surface area contributed by atoms with E-state index in [9.17, 15) is 13.2 Å². The number of nitrogens with zero attached hydrogens (tertiary/aromatic N) is 3. The molecule has 28 heavy (non-hydrogen) atoms. The number of rotatable bonds is 6. The maximum absolute atomic E-state index is 12.8. The van der Waals surface area contributed by atoms with Crippen LogP contribution in [0.1, 0.15) is 35.7 Å². The van der Waals surface area contributed by atoms with Crippen molar-refractivity contribution in [1.82, 2.24) is 19.7 Å². The standard InChI is InChI=1S/C19H26N4O4S/c1-14(2)21-28(25,26)18-6-4-5-16(12-18)19(24)23-9-7-22(8-10-23)13-17-11-15(3)20-27-17/h4-6,11-12,14,21H,7-10,13H2,1-3H3. The molecule has 2 aromatic rings. The zero-order chi connectivity index (χ0) is 20.3. The summed E-state index contributed by atoms with van der Waals surface area (Å²) in [5.74, 6) is 0.657. The third-order valence-electron chi connectivity index (χ3n) is 4.50. The lowest BCUT2D eigenvalue weighted by Gasteiger charge is -2.34. The first-order valence-electron chi connectivity index (χ1n) is 9.31. The number of hydrogen-bond acceptors (Lipinski definition) is 6. The van der Waals surface area contributed by atoms with Crippen molar-refractivity contribution in [2.75, 3.05) is 26.2 Å². The molecular formula is C19H26N4O4S. The molecule has 0 bridgehead atoms. The first-order valence-corrected chi connectivity index (χ1v) is 10.8. The number of benzene rings is 1. The van der Waals surface area contributed by atoms with Gasteiger partial charge in [0.1, 0.15) is 0 Å². The molecule has 1 aromatic heterocycles. The molecule has 0 atom stereocenters. The summed E-state index contributed by atoms with van der Waals surface area (Å²) in [5.41, 5.74) is 1.23. The van der Waals surface area contributed by atoms with Gasteiger partial charge < -0.3 is 9.42 Å². The largest absolute Gasteiger partial charge is 0.360 e. The molecule has 1 fully saturated rings. The molecule has 0 radical (unpaired) electrons. The Morgan fingerprint density at radius 2 is 1.93 bits per heavy atom. The van der Waals surface area contributed by atoms with Crippen molar-refractivity contribution >= 4 is 15.9 Å². The number of amides is 1. The summed E-state index contributed by atoms with van der Waals surface area (Å²) >= 11 is 0. The SMILES string of the molecule is Cc1cc(CN2CCN(C(=O)c3cccc(S(=O)(=O)NC(C)C)c3)CC2)on1. The molecule has 1 N–H and O–H groups in total. The summed E-state index contributed by atoms with van der Waals surface area (Å²) < 4.78 is 32.5. The van der Waals surface area contributed by atoms with Crippen molar-refractivity contribution in [1.29, 1.82) is 0 Å². The van der Waals surface area contributed by atoms with Gasteiger partial charge in [-0.05, 0) is 39.0 Å². The van der Waals surface area contributed by atoms with Gasteiger partial charge >= 0.3 is 0 Å². The highest BCUT2D eigenvalue weighted by Crippen LogP contribution is 2.16. The second-order valence-electron chi connectivity index (χ2n) is 7.31. The Hall–Kier alpha value is -2.23. The molecule has 2 heterocycles. The normalized spacial score (nSPS) is 15.9.